The minimum atomic E-state index is -4.85. The number of alkyl halides is 6. The standard InChI is InChI=1S/C26H18F6N4O3S/c27-25(28,29)20-7-5-18(6-8-20)22-15-23(26(30,31)32)36-24(34-22)19(16-33-36)4-1-17-2-9-21(10-3-17)40(37,38)35-11-13-39-14-12-35/h2-3,5-10,15-16H,11-14H2. The summed E-state index contributed by atoms with van der Waals surface area (Å²) in [6.07, 6.45) is -8.36. The largest absolute Gasteiger partial charge is 0.433 e. The van der Waals surface area contributed by atoms with Crippen LogP contribution in [-0.4, -0.2) is 53.6 Å². The zero-order chi connectivity index (χ0) is 28.7. The Hall–Kier alpha value is -3.93. The van der Waals surface area contributed by atoms with Gasteiger partial charge in [-0.2, -0.15) is 35.7 Å². The average molecular weight is 581 g/mol. The quantitative estimate of drug-likeness (QED) is 0.256. The summed E-state index contributed by atoms with van der Waals surface area (Å²) < 4.78 is 113. The zero-order valence-electron chi connectivity index (χ0n) is 20.3. The van der Waals surface area contributed by atoms with Gasteiger partial charge in [0, 0.05) is 24.2 Å². The van der Waals surface area contributed by atoms with Crippen molar-refractivity contribution in [2.45, 2.75) is 17.2 Å². The number of hydrogen-bond acceptors (Lipinski definition) is 5. The van der Waals surface area contributed by atoms with Crippen LogP contribution in [0.5, 0.6) is 0 Å². The molecule has 0 N–H and O–H groups in total. The van der Waals surface area contributed by atoms with E-state index in [0.717, 1.165) is 30.5 Å². The molecule has 0 saturated carbocycles. The van der Waals surface area contributed by atoms with Crippen LogP contribution >= 0.6 is 0 Å². The van der Waals surface area contributed by atoms with Crippen molar-refractivity contribution in [3.8, 4) is 23.1 Å². The lowest BCUT2D eigenvalue weighted by molar-refractivity contribution is -0.142. The fourth-order valence-corrected chi connectivity index (χ4v) is 5.42. The van der Waals surface area contributed by atoms with Gasteiger partial charge in [0.25, 0.3) is 0 Å². The summed E-state index contributed by atoms with van der Waals surface area (Å²) in [5, 5.41) is 3.76. The Morgan fingerprint density at radius 3 is 2.10 bits per heavy atom. The summed E-state index contributed by atoms with van der Waals surface area (Å²) in [5.41, 5.74) is -2.14. The molecule has 0 atom stereocenters. The molecule has 1 aliphatic heterocycles. The molecule has 0 unspecified atom stereocenters. The Bertz CT molecular complexity index is 1710. The van der Waals surface area contributed by atoms with Gasteiger partial charge in [0.05, 0.1) is 41.1 Å². The van der Waals surface area contributed by atoms with Crippen LogP contribution in [0.1, 0.15) is 22.4 Å². The molecule has 4 aromatic rings. The Kier molecular flexibility index (Phi) is 7.07. The second kappa shape index (κ2) is 10.2. The molecule has 0 amide bonds. The van der Waals surface area contributed by atoms with Crippen molar-refractivity contribution in [2.75, 3.05) is 26.3 Å². The minimum absolute atomic E-state index is 0.0317. The monoisotopic (exact) mass is 580 g/mol. The van der Waals surface area contributed by atoms with Crippen LogP contribution in [0, 0.1) is 11.8 Å². The van der Waals surface area contributed by atoms with Gasteiger partial charge in [0.15, 0.2) is 11.3 Å². The highest BCUT2D eigenvalue weighted by atomic mass is 32.2. The van der Waals surface area contributed by atoms with E-state index in [1.165, 1.54) is 28.6 Å². The molecule has 0 bridgehead atoms. The Morgan fingerprint density at radius 2 is 1.50 bits per heavy atom. The average Bonchev–Trinajstić information content (AvgIpc) is 3.34. The zero-order valence-corrected chi connectivity index (χ0v) is 21.1. The summed E-state index contributed by atoms with van der Waals surface area (Å²) in [6.45, 7) is 1.07. The number of morpholine rings is 1. The number of benzene rings is 2. The molecule has 14 heteroatoms. The van der Waals surface area contributed by atoms with E-state index in [4.69, 9.17) is 4.74 Å². The van der Waals surface area contributed by atoms with Gasteiger partial charge in [-0.15, -0.1) is 0 Å². The van der Waals surface area contributed by atoms with E-state index in [-0.39, 0.29) is 40.5 Å². The van der Waals surface area contributed by atoms with E-state index in [9.17, 15) is 34.8 Å². The summed E-state index contributed by atoms with van der Waals surface area (Å²) >= 11 is 0. The molecular formula is C26H18F6N4O3S. The first-order valence-electron chi connectivity index (χ1n) is 11.7. The SMILES string of the molecule is O=S(=O)(c1ccc(C#Cc2cnn3c(C(F)(F)F)cc(-c4ccc(C(F)(F)F)cc4)nc23)cc1)N1CCOCC1. The summed E-state index contributed by atoms with van der Waals surface area (Å²) in [7, 11) is -3.71. The van der Waals surface area contributed by atoms with E-state index >= 15 is 0 Å². The normalized spacial score (nSPS) is 15.2. The Labute approximate surface area is 224 Å². The highest BCUT2D eigenvalue weighted by Crippen LogP contribution is 2.34. The van der Waals surface area contributed by atoms with Gasteiger partial charge < -0.3 is 4.74 Å². The van der Waals surface area contributed by atoms with Crippen molar-refractivity contribution in [1.82, 2.24) is 18.9 Å². The van der Waals surface area contributed by atoms with Crippen molar-refractivity contribution in [3.05, 3.63) is 83.2 Å². The topological polar surface area (TPSA) is 76.8 Å². The van der Waals surface area contributed by atoms with Gasteiger partial charge in [0.2, 0.25) is 10.0 Å². The molecule has 1 saturated heterocycles. The molecule has 7 nitrogen and oxygen atoms in total. The van der Waals surface area contributed by atoms with Crippen LogP contribution in [0.4, 0.5) is 26.3 Å². The Balaban J connectivity index is 1.49. The van der Waals surface area contributed by atoms with Gasteiger partial charge >= 0.3 is 12.4 Å². The predicted octanol–water partition coefficient (Wildman–Crippen LogP) is 4.85. The predicted molar refractivity (Wildman–Crippen MR) is 130 cm³/mol. The molecule has 5 rings (SSSR count). The first kappa shape index (κ1) is 27.6. The van der Waals surface area contributed by atoms with Crippen LogP contribution in [0.15, 0.2) is 65.7 Å². The van der Waals surface area contributed by atoms with Gasteiger partial charge in [-0.3, -0.25) is 0 Å². The number of halogens is 6. The van der Waals surface area contributed by atoms with Crippen LogP contribution in [0.3, 0.4) is 0 Å². The third-order valence-corrected chi connectivity index (χ3v) is 7.99. The summed E-state index contributed by atoms with van der Waals surface area (Å²) in [5.74, 6) is 5.46. The molecule has 40 heavy (non-hydrogen) atoms. The molecule has 0 aliphatic carbocycles. The second-order valence-electron chi connectivity index (χ2n) is 8.68. The van der Waals surface area contributed by atoms with Crippen LogP contribution in [0.2, 0.25) is 0 Å². The number of ether oxygens (including phenoxy) is 1. The smallest absolute Gasteiger partial charge is 0.379 e. The highest BCUT2D eigenvalue weighted by Gasteiger charge is 2.36. The van der Waals surface area contributed by atoms with Crippen molar-refractivity contribution in [3.63, 3.8) is 0 Å². The number of aromatic nitrogens is 3. The summed E-state index contributed by atoms with van der Waals surface area (Å²) in [6, 6.07) is 9.99. The number of sulfonamides is 1. The lowest BCUT2D eigenvalue weighted by Crippen LogP contribution is -2.40. The van der Waals surface area contributed by atoms with Gasteiger partial charge in [-0.1, -0.05) is 24.0 Å². The van der Waals surface area contributed by atoms with Crippen molar-refractivity contribution in [1.29, 1.82) is 0 Å². The number of rotatable bonds is 3. The molecule has 0 spiro atoms. The van der Waals surface area contributed by atoms with E-state index in [1.54, 1.807) is 0 Å². The molecule has 208 valence electrons. The van der Waals surface area contributed by atoms with E-state index in [1.807, 2.05) is 0 Å². The molecule has 1 fully saturated rings. The highest BCUT2D eigenvalue weighted by molar-refractivity contribution is 7.89. The maximum atomic E-state index is 13.8. The molecule has 0 radical (unpaired) electrons. The fourth-order valence-electron chi connectivity index (χ4n) is 4.02. The number of fused-ring (bicyclic) bond motifs is 1. The van der Waals surface area contributed by atoms with Crippen molar-refractivity contribution >= 4 is 15.7 Å². The lowest BCUT2D eigenvalue weighted by atomic mass is 10.1. The van der Waals surface area contributed by atoms with Gasteiger partial charge in [0.1, 0.15) is 0 Å². The minimum Gasteiger partial charge on any atom is -0.379 e. The first-order chi connectivity index (χ1) is 18.8. The van der Waals surface area contributed by atoms with E-state index in [2.05, 4.69) is 21.9 Å². The van der Waals surface area contributed by atoms with Crippen molar-refractivity contribution in [2.24, 2.45) is 0 Å². The van der Waals surface area contributed by atoms with Gasteiger partial charge in [-0.05, 0) is 42.5 Å². The lowest BCUT2D eigenvalue weighted by Gasteiger charge is -2.26. The van der Waals surface area contributed by atoms with Gasteiger partial charge in [-0.25, -0.2) is 17.9 Å². The number of hydrogen-bond donors (Lipinski definition) is 0. The Morgan fingerprint density at radius 1 is 0.850 bits per heavy atom. The maximum absolute atomic E-state index is 13.8. The fraction of sp³-hybridized carbons (Fsp3) is 0.231. The maximum Gasteiger partial charge on any atom is 0.433 e. The molecular weight excluding hydrogens is 562 g/mol. The molecule has 3 heterocycles. The van der Waals surface area contributed by atoms with E-state index in [0.29, 0.717) is 29.4 Å². The third-order valence-electron chi connectivity index (χ3n) is 6.07. The second-order valence-corrected chi connectivity index (χ2v) is 10.6. The molecule has 2 aromatic carbocycles. The van der Waals surface area contributed by atoms with Crippen LogP contribution in [-0.2, 0) is 27.1 Å². The summed E-state index contributed by atoms with van der Waals surface area (Å²) in [4.78, 5) is 4.27. The van der Waals surface area contributed by atoms with Crippen molar-refractivity contribution < 1.29 is 39.5 Å². The van der Waals surface area contributed by atoms with Crippen LogP contribution < -0.4 is 0 Å². The third kappa shape index (κ3) is 5.53. The van der Waals surface area contributed by atoms with E-state index < -0.39 is 33.6 Å². The van der Waals surface area contributed by atoms with Crippen LogP contribution in [0.25, 0.3) is 16.9 Å². The first-order valence-corrected chi connectivity index (χ1v) is 13.1. The molecule has 2 aromatic heterocycles. The number of nitrogens with zero attached hydrogens (tertiary/aromatic N) is 4. The molecule has 1 aliphatic rings.